The van der Waals surface area contributed by atoms with E-state index >= 15 is 0 Å². The second-order valence-corrected chi connectivity index (χ2v) is 5.87. The van der Waals surface area contributed by atoms with Crippen molar-refractivity contribution in [2.75, 3.05) is 13.5 Å². The van der Waals surface area contributed by atoms with E-state index in [9.17, 15) is 19.5 Å². The van der Waals surface area contributed by atoms with Crippen LogP contribution in [-0.4, -0.2) is 47.3 Å². The molecule has 0 saturated carbocycles. The fourth-order valence-electron chi connectivity index (χ4n) is 2.17. The summed E-state index contributed by atoms with van der Waals surface area (Å²) in [6.07, 6.45) is -6.50. The number of aliphatic hydroxyl groups excluding tert-OH is 1. The largest absolute Gasteiger partial charge is 0.385 e. The third-order valence-electron chi connectivity index (χ3n) is 3.72. The van der Waals surface area contributed by atoms with Gasteiger partial charge in [-0.2, -0.15) is 0 Å². The van der Waals surface area contributed by atoms with Crippen LogP contribution in [0.25, 0.3) is 0 Å². The highest BCUT2D eigenvalue weighted by Gasteiger charge is 2.32. The molecule has 4 atom stereocenters. The zero-order valence-corrected chi connectivity index (χ0v) is 14.5. The van der Waals surface area contributed by atoms with Crippen molar-refractivity contribution in [3.63, 3.8) is 0 Å². The van der Waals surface area contributed by atoms with E-state index in [1.54, 1.807) is 0 Å². The number of amides is 2. The highest BCUT2D eigenvalue weighted by molar-refractivity contribution is 5.92. The number of likely N-dealkylation sites (N-methyl/N-ethyl adjacent to an activating group) is 1. The summed E-state index contributed by atoms with van der Waals surface area (Å²) >= 11 is 0. The van der Waals surface area contributed by atoms with Gasteiger partial charge in [-0.05, 0) is 23.4 Å². The number of rotatable bonds is 6. The van der Waals surface area contributed by atoms with Crippen molar-refractivity contribution < 1.29 is 37.3 Å². The number of hydrogen-bond donors (Lipinski definition) is 2. The van der Waals surface area contributed by atoms with Crippen LogP contribution in [0.1, 0.15) is 62.1 Å². The fourth-order valence-corrected chi connectivity index (χ4v) is 2.17. The number of fused-ring (bicyclic) bond motifs is 1. The molecular formula is C20H28N2O4. The number of nitrogens with zero attached hydrogens (tertiary/aromatic N) is 1. The van der Waals surface area contributed by atoms with Crippen molar-refractivity contribution in [3.8, 4) is 0 Å². The molecule has 1 heterocycles. The standard InChI is InChI=1S/C20H28N2O4/c1-12(2)18(24)16(23)11-13(3)19(25)21-17-15-8-6-5-7-14(15)9-10-22(4)20(17)26/h5-8,12-13,17-18,24H,9-11H2,1-4H3,(H,21,25)/t13-,17+,18+/m1/s1/i1D3,5D,6D,7D,8D,9D2,10D2,12D,17D/t12?,13-,17+,18+. The van der Waals surface area contributed by atoms with E-state index in [0.717, 1.165) is 20.9 Å². The van der Waals surface area contributed by atoms with E-state index in [2.05, 4.69) is 0 Å². The van der Waals surface area contributed by atoms with Gasteiger partial charge in [0.25, 0.3) is 0 Å². The fraction of sp³-hybridized carbons (Fsp3) is 0.550. The first-order chi connectivity index (χ1) is 17.3. The molecule has 6 heteroatoms. The number of aliphatic hydroxyl groups is 1. The molecule has 0 spiro atoms. The molecule has 0 bridgehead atoms. The summed E-state index contributed by atoms with van der Waals surface area (Å²) in [5.41, 5.74) is -2.10. The molecule has 26 heavy (non-hydrogen) atoms. The van der Waals surface area contributed by atoms with Crippen molar-refractivity contribution in [2.24, 2.45) is 11.8 Å². The molecule has 1 unspecified atom stereocenters. The summed E-state index contributed by atoms with van der Waals surface area (Å²) in [5.74, 6) is -8.20. The van der Waals surface area contributed by atoms with Gasteiger partial charge in [-0.3, -0.25) is 14.4 Å². The molecule has 0 saturated heterocycles. The van der Waals surface area contributed by atoms with Crippen LogP contribution < -0.4 is 5.32 Å². The highest BCUT2D eigenvalue weighted by Crippen LogP contribution is 2.25. The monoisotopic (exact) mass is 373 g/mol. The van der Waals surface area contributed by atoms with Gasteiger partial charge in [0.05, 0.1) is 6.85 Å². The normalized spacial score (nSPS) is 36.2. The maximum Gasteiger partial charge on any atom is 0.249 e. The van der Waals surface area contributed by atoms with Crippen molar-refractivity contribution >= 4 is 17.6 Å². The first-order valence-corrected chi connectivity index (χ1v) is 7.72. The lowest BCUT2D eigenvalue weighted by Crippen LogP contribution is -2.43. The number of ketones is 1. The molecule has 1 aliphatic rings. The molecule has 0 fully saturated rings. The highest BCUT2D eigenvalue weighted by atomic mass is 16.3. The third-order valence-corrected chi connectivity index (χ3v) is 3.72. The van der Waals surface area contributed by atoms with E-state index in [4.69, 9.17) is 17.8 Å². The van der Waals surface area contributed by atoms with Crippen LogP contribution in [0.2, 0.25) is 0 Å². The lowest BCUT2D eigenvalue weighted by Gasteiger charge is -2.24. The predicted octanol–water partition coefficient (Wildman–Crippen LogP) is 1.47. The number of Topliss-reactive ketones (excluding diaryl/α,β-unsaturated/α-hetero) is 1. The van der Waals surface area contributed by atoms with Crippen molar-refractivity contribution in [1.82, 2.24) is 10.2 Å². The van der Waals surface area contributed by atoms with Crippen LogP contribution in [0.5, 0.6) is 0 Å². The zero-order chi connectivity index (χ0) is 30.8. The van der Waals surface area contributed by atoms with E-state index in [-0.39, 0.29) is 4.90 Å². The van der Waals surface area contributed by atoms with E-state index in [1.807, 2.05) is 5.32 Å². The third kappa shape index (κ3) is 4.49. The van der Waals surface area contributed by atoms with Gasteiger partial charge >= 0.3 is 0 Å². The summed E-state index contributed by atoms with van der Waals surface area (Å²) in [6.45, 7) is -4.42. The number of hydrogen-bond acceptors (Lipinski definition) is 4. The second-order valence-electron chi connectivity index (χ2n) is 5.87. The minimum absolute atomic E-state index is 0.161. The molecule has 1 aromatic carbocycles. The Kier molecular flexibility index (Phi) is 2.81. The molecule has 6 nitrogen and oxygen atoms in total. The van der Waals surface area contributed by atoms with Crippen LogP contribution >= 0.6 is 0 Å². The molecule has 0 aliphatic carbocycles. The van der Waals surface area contributed by atoms with Gasteiger partial charge in [0.2, 0.25) is 11.8 Å². The van der Waals surface area contributed by atoms with Crippen molar-refractivity contribution in [3.05, 3.63) is 35.3 Å². The molecule has 2 rings (SSSR count). The quantitative estimate of drug-likeness (QED) is 0.791. The molecule has 0 radical (unpaired) electrons. The van der Waals surface area contributed by atoms with Gasteiger partial charge < -0.3 is 15.3 Å². The van der Waals surface area contributed by atoms with Crippen LogP contribution in [-0.2, 0) is 20.8 Å². The average Bonchev–Trinajstić information content (AvgIpc) is 2.83. The Morgan fingerprint density at radius 2 is 2.23 bits per heavy atom. The topological polar surface area (TPSA) is 86.7 Å². The maximum absolute atomic E-state index is 13.4. The van der Waals surface area contributed by atoms with Crippen LogP contribution in [0.3, 0.4) is 0 Å². The maximum atomic E-state index is 13.4. The van der Waals surface area contributed by atoms with Gasteiger partial charge in [-0.15, -0.1) is 0 Å². The lowest BCUT2D eigenvalue weighted by atomic mass is 9.94. The number of carbonyl (C=O) groups excluding carboxylic acids is 3. The Morgan fingerprint density at radius 1 is 1.54 bits per heavy atom. The summed E-state index contributed by atoms with van der Waals surface area (Å²) in [6, 6.07) is -7.30. The molecule has 1 aliphatic heterocycles. The lowest BCUT2D eigenvalue weighted by molar-refractivity contribution is -0.137. The van der Waals surface area contributed by atoms with Crippen LogP contribution in [0.4, 0.5) is 0 Å². The summed E-state index contributed by atoms with van der Waals surface area (Å²) in [5, 5.41) is 12.1. The molecule has 1 aromatic rings. The van der Waals surface area contributed by atoms with Gasteiger partial charge in [0.1, 0.15) is 12.1 Å². The van der Waals surface area contributed by atoms with Crippen molar-refractivity contribution in [2.45, 2.75) is 45.6 Å². The Balaban J connectivity index is 2.64. The molecule has 0 aromatic heterocycles. The molecule has 2 amide bonds. The Hall–Kier alpha value is -2.21. The SMILES string of the molecule is [2H]c1c([2H])c([2H])c2c(c1[2H])C([2H])([2H])C([2H])([2H])N(C)C(=O)[C@@]2([2H])NC(=O)[C@H](C)CC(=O)[C@@H](O)C([2H])(C)C([2H])([2H])[2H]. The van der Waals surface area contributed by atoms with E-state index in [0.29, 0.717) is 0 Å². The molecule has 2 N–H and O–H groups in total. The number of benzene rings is 1. The van der Waals surface area contributed by atoms with Crippen molar-refractivity contribution in [1.29, 1.82) is 0 Å². The molecular weight excluding hydrogens is 332 g/mol. The minimum Gasteiger partial charge on any atom is -0.385 e. The Labute approximate surface area is 172 Å². The molecule has 142 valence electrons. The first-order valence-electron chi connectivity index (χ1n) is 14.2. The van der Waals surface area contributed by atoms with Crippen LogP contribution in [0.15, 0.2) is 24.2 Å². The first kappa shape index (κ1) is 8.65. The second kappa shape index (κ2) is 8.45. The average molecular weight is 374 g/mol. The van der Waals surface area contributed by atoms with Gasteiger partial charge in [-0.25, -0.2) is 0 Å². The smallest absolute Gasteiger partial charge is 0.249 e. The van der Waals surface area contributed by atoms with Gasteiger partial charge in [0, 0.05) is 36.8 Å². The Bertz CT molecular complexity index is 1220. The van der Waals surface area contributed by atoms with Crippen LogP contribution in [0, 0.1) is 11.8 Å². The van der Waals surface area contributed by atoms with Gasteiger partial charge in [-0.1, -0.05) is 44.9 Å². The zero-order valence-electron chi connectivity index (χ0n) is 27.5. The summed E-state index contributed by atoms with van der Waals surface area (Å²) < 4.78 is 104. The van der Waals surface area contributed by atoms with E-state index < -0.39 is 103 Å². The number of nitrogens with one attached hydrogen (secondary N) is 1. The summed E-state index contributed by atoms with van der Waals surface area (Å²) in [7, 11) is 0.783. The number of carbonyl (C=O) groups is 3. The predicted molar refractivity (Wildman–Crippen MR) is 98.3 cm³/mol. The van der Waals surface area contributed by atoms with E-state index in [1.165, 1.54) is 0 Å². The van der Waals surface area contributed by atoms with Gasteiger partial charge in [0.15, 0.2) is 5.78 Å². The summed E-state index contributed by atoms with van der Waals surface area (Å²) in [4.78, 5) is 39.2. The minimum atomic E-state index is -3.30. The Morgan fingerprint density at radius 3 is 2.92 bits per heavy atom.